The Labute approximate surface area is 94.9 Å². The van der Waals surface area contributed by atoms with Gasteiger partial charge < -0.3 is 0 Å². The van der Waals surface area contributed by atoms with Gasteiger partial charge in [0.25, 0.3) is 9.05 Å². The number of aryl methyl sites for hydroxylation is 1. The molecule has 0 spiro atoms. The van der Waals surface area contributed by atoms with Gasteiger partial charge in [-0.25, -0.2) is 8.42 Å². The molecule has 6 heteroatoms. The van der Waals surface area contributed by atoms with E-state index in [9.17, 15) is 8.42 Å². The molecule has 14 heavy (non-hydrogen) atoms. The Balaban J connectivity index is 3.61. The van der Waals surface area contributed by atoms with Crippen molar-refractivity contribution in [2.24, 2.45) is 0 Å². The summed E-state index contributed by atoms with van der Waals surface area (Å²) in [6.45, 7) is 1.72. The van der Waals surface area contributed by atoms with Gasteiger partial charge in [-0.1, -0.05) is 15.9 Å². The van der Waals surface area contributed by atoms with Crippen LogP contribution in [0.5, 0.6) is 0 Å². The van der Waals surface area contributed by atoms with Crippen molar-refractivity contribution in [3.8, 4) is 6.07 Å². The highest BCUT2D eigenvalue weighted by atomic mass is 79.9. The third-order valence-corrected chi connectivity index (χ3v) is 3.86. The summed E-state index contributed by atoms with van der Waals surface area (Å²) >= 11 is 3.20. The van der Waals surface area contributed by atoms with Crippen molar-refractivity contribution in [2.75, 3.05) is 0 Å². The van der Waals surface area contributed by atoms with Gasteiger partial charge >= 0.3 is 0 Å². The Kier molecular flexibility index (Phi) is 3.20. The number of benzene rings is 1. The van der Waals surface area contributed by atoms with E-state index in [4.69, 9.17) is 15.9 Å². The smallest absolute Gasteiger partial charge is 0.207 e. The Morgan fingerprint density at radius 1 is 1.50 bits per heavy atom. The van der Waals surface area contributed by atoms with E-state index in [1.165, 1.54) is 12.1 Å². The van der Waals surface area contributed by atoms with Gasteiger partial charge in [-0.15, -0.1) is 0 Å². The van der Waals surface area contributed by atoms with E-state index in [2.05, 4.69) is 15.9 Å². The van der Waals surface area contributed by atoms with Crippen LogP contribution in [-0.4, -0.2) is 8.42 Å². The zero-order valence-corrected chi connectivity index (χ0v) is 10.2. The number of hydrogen-bond donors (Lipinski definition) is 0. The van der Waals surface area contributed by atoms with Gasteiger partial charge in [0.15, 0.2) is 0 Å². The van der Waals surface area contributed by atoms with Crippen LogP contribution < -0.4 is 0 Å². The normalized spacial score (nSPS) is 11.0. The molecule has 0 heterocycles. The average molecular weight is 295 g/mol. The summed E-state index contributed by atoms with van der Waals surface area (Å²) in [5.74, 6) is 0. The standard InChI is InChI=1S/C8H5BrClNO2S/c1-5-2-8(14(10,12)13)6(4-11)3-7(5)9/h2-3H,1H3. The summed E-state index contributed by atoms with van der Waals surface area (Å²) in [7, 11) is 1.32. The fourth-order valence-electron chi connectivity index (χ4n) is 0.944. The zero-order valence-electron chi connectivity index (χ0n) is 7.08. The molecule has 0 aromatic heterocycles. The second-order valence-corrected chi connectivity index (χ2v) is 6.04. The van der Waals surface area contributed by atoms with Crippen LogP contribution >= 0.6 is 26.6 Å². The van der Waals surface area contributed by atoms with Gasteiger partial charge in [0.05, 0.1) is 5.56 Å². The van der Waals surface area contributed by atoms with Crippen LogP contribution in [0.3, 0.4) is 0 Å². The van der Waals surface area contributed by atoms with Crippen LogP contribution in [0.4, 0.5) is 0 Å². The van der Waals surface area contributed by atoms with E-state index in [1.807, 2.05) is 0 Å². The monoisotopic (exact) mass is 293 g/mol. The topological polar surface area (TPSA) is 57.9 Å². The van der Waals surface area contributed by atoms with Crippen LogP contribution in [0.25, 0.3) is 0 Å². The van der Waals surface area contributed by atoms with E-state index in [-0.39, 0.29) is 10.5 Å². The fraction of sp³-hybridized carbons (Fsp3) is 0.125. The predicted octanol–water partition coefficient (Wildman–Crippen LogP) is 2.56. The molecular weight excluding hydrogens is 290 g/mol. The molecular formula is C8H5BrClNO2S. The fourth-order valence-corrected chi connectivity index (χ4v) is 2.36. The lowest BCUT2D eigenvalue weighted by Crippen LogP contribution is -1.96. The largest absolute Gasteiger partial charge is 0.262 e. The van der Waals surface area contributed by atoms with Crippen LogP contribution in [0.1, 0.15) is 11.1 Å². The molecule has 0 unspecified atom stereocenters. The molecule has 74 valence electrons. The first-order valence-corrected chi connectivity index (χ1v) is 6.61. The van der Waals surface area contributed by atoms with Crippen molar-refractivity contribution in [3.05, 3.63) is 27.7 Å². The molecule has 0 aliphatic rings. The molecule has 0 bridgehead atoms. The van der Waals surface area contributed by atoms with E-state index in [0.717, 1.165) is 0 Å². The molecule has 0 aliphatic carbocycles. The molecule has 1 aromatic rings. The lowest BCUT2D eigenvalue weighted by Gasteiger charge is -2.03. The van der Waals surface area contributed by atoms with Crippen molar-refractivity contribution in [3.63, 3.8) is 0 Å². The second-order valence-electron chi connectivity index (χ2n) is 2.65. The molecule has 3 nitrogen and oxygen atoms in total. The molecule has 0 radical (unpaired) electrons. The van der Waals surface area contributed by atoms with Crippen molar-refractivity contribution in [2.45, 2.75) is 11.8 Å². The first kappa shape index (κ1) is 11.5. The minimum absolute atomic E-state index is 0.0393. The minimum Gasteiger partial charge on any atom is -0.207 e. The average Bonchev–Trinajstić information content (AvgIpc) is 2.07. The SMILES string of the molecule is Cc1cc(S(=O)(=O)Cl)c(C#N)cc1Br. The number of hydrogen-bond acceptors (Lipinski definition) is 3. The van der Waals surface area contributed by atoms with E-state index < -0.39 is 9.05 Å². The molecule has 1 rings (SSSR count). The Morgan fingerprint density at radius 3 is 2.50 bits per heavy atom. The lowest BCUT2D eigenvalue weighted by molar-refractivity contribution is 0.609. The third-order valence-electron chi connectivity index (χ3n) is 1.64. The summed E-state index contributed by atoms with van der Waals surface area (Å²) in [4.78, 5) is -0.151. The summed E-state index contributed by atoms with van der Waals surface area (Å²) < 4.78 is 22.8. The zero-order chi connectivity index (χ0) is 10.9. The Hall–Kier alpha value is -0.570. The van der Waals surface area contributed by atoms with Crippen LogP contribution in [-0.2, 0) is 9.05 Å². The van der Waals surface area contributed by atoms with Crippen LogP contribution in [0.15, 0.2) is 21.5 Å². The van der Waals surface area contributed by atoms with Gasteiger partial charge in [0.1, 0.15) is 11.0 Å². The molecule has 0 N–H and O–H groups in total. The van der Waals surface area contributed by atoms with Crippen molar-refractivity contribution in [1.29, 1.82) is 5.26 Å². The summed E-state index contributed by atoms with van der Waals surface area (Å²) in [5.41, 5.74) is 0.751. The van der Waals surface area contributed by atoms with Crippen molar-refractivity contribution in [1.82, 2.24) is 0 Å². The highest BCUT2D eigenvalue weighted by molar-refractivity contribution is 9.10. The molecule has 1 aromatic carbocycles. The minimum atomic E-state index is -3.86. The Bertz CT molecular complexity index is 519. The van der Waals surface area contributed by atoms with Gasteiger partial charge in [-0.3, -0.25) is 0 Å². The van der Waals surface area contributed by atoms with Crippen LogP contribution in [0, 0.1) is 18.3 Å². The summed E-state index contributed by atoms with van der Waals surface area (Å²) in [5, 5.41) is 8.70. The Morgan fingerprint density at radius 2 is 2.07 bits per heavy atom. The quantitative estimate of drug-likeness (QED) is 0.748. The number of halogens is 2. The number of rotatable bonds is 1. The molecule has 0 saturated carbocycles. The van der Waals surface area contributed by atoms with Gasteiger partial charge in [0, 0.05) is 15.2 Å². The van der Waals surface area contributed by atoms with Gasteiger partial charge in [0.2, 0.25) is 0 Å². The van der Waals surface area contributed by atoms with E-state index in [0.29, 0.717) is 10.0 Å². The highest BCUT2D eigenvalue weighted by Crippen LogP contribution is 2.26. The number of nitrogens with zero attached hydrogens (tertiary/aromatic N) is 1. The molecule has 0 amide bonds. The maximum atomic E-state index is 11.1. The van der Waals surface area contributed by atoms with Crippen LogP contribution in [0.2, 0.25) is 0 Å². The molecule has 0 saturated heterocycles. The predicted molar refractivity (Wildman–Crippen MR) is 56.6 cm³/mol. The maximum Gasteiger partial charge on any atom is 0.262 e. The molecule has 0 aliphatic heterocycles. The molecule has 0 atom stereocenters. The summed E-state index contributed by atoms with van der Waals surface area (Å²) in [6.07, 6.45) is 0. The van der Waals surface area contributed by atoms with E-state index >= 15 is 0 Å². The van der Waals surface area contributed by atoms with Crippen molar-refractivity contribution < 1.29 is 8.42 Å². The first-order chi connectivity index (χ1) is 6.36. The van der Waals surface area contributed by atoms with Crippen molar-refractivity contribution >= 4 is 35.7 Å². The van der Waals surface area contributed by atoms with Gasteiger partial charge in [-0.05, 0) is 24.6 Å². The first-order valence-electron chi connectivity index (χ1n) is 3.51. The lowest BCUT2D eigenvalue weighted by atomic mass is 10.2. The molecule has 0 fully saturated rings. The van der Waals surface area contributed by atoms with E-state index in [1.54, 1.807) is 13.0 Å². The second kappa shape index (κ2) is 3.89. The summed E-state index contributed by atoms with van der Waals surface area (Å²) in [6, 6.07) is 4.58. The number of nitriles is 1. The van der Waals surface area contributed by atoms with Gasteiger partial charge in [-0.2, -0.15) is 5.26 Å². The maximum absolute atomic E-state index is 11.1. The third kappa shape index (κ3) is 2.27. The highest BCUT2D eigenvalue weighted by Gasteiger charge is 2.17.